The number of ketones is 1. The summed E-state index contributed by atoms with van der Waals surface area (Å²) in [6.07, 6.45) is 9.11. The smallest absolute Gasteiger partial charge is 0.244 e. The highest BCUT2D eigenvalue weighted by Gasteiger charge is 2.20. The molecule has 4 aromatic heterocycles. The van der Waals surface area contributed by atoms with Crippen LogP contribution in [-0.2, 0) is 11.3 Å². The van der Waals surface area contributed by atoms with Gasteiger partial charge in [0.25, 0.3) is 0 Å². The molecule has 0 saturated heterocycles. The van der Waals surface area contributed by atoms with Crippen molar-refractivity contribution >= 4 is 51.6 Å². The highest BCUT2D eigenvalue weighted by atomic mass is 35.5. The van der Waals surface area contributed by atoms with E-state index >= 15 is 0 Å². The van der Waals surface area contributed by atoms with Crippen molar-refractivity contribution in [2.24, 2.45) is 0 Å². The Kier molecular flexibility index (Phi) is 5.71. The maximum atomic E-state index is 13.2. The molecule has 0 unspecified atom stereocenters. The van der Waals surface area contributed by atoms with Crippen LogP contribution >= 0.6 is 23.2 Å². The minimum Gasteiger partial charge on any atom is -0.329 e. The summed E-state index contributed by atoms with van der Waals surface area (Å²) in [5.74, 6) is -0.612. The first-order valence-corrected chi connectivity index (χ1v) is 10.1. The molecule has 0 bridgehead atoms. The number of fused-ring (bicyclic) bond motifs is 1. The standard InChI is InChI=1S/C20H17Cl2N7O2/c1-11(2)29-7-15(14-6-24-9-25-20(14)29)17(31)12-3-13(5-23-4-12)27-16(30)8-28-10-26-18(21)19(28)22/h3-7,9-11H,8H2,1-2H3,(H,27,30). The number of nitrogens with one attached hydrogen (secondary N) is 1. The highest BCUT2D eigenvalue weighted by molar-refractivity contribution is 6.40. The molecule has 0 radical (unpaired) electrons. The molecule has 4 rings (SSSR count). The van der Waals surface area contributed by atoms with Gasteiger partial charge < -0.3 is 14.5 Å². The van der Waals surface area contributed by atoms with Crippen molar-refractivity contribution in [2.45, 2.75) is 26.4 Å². The predicted molar refractivity (Wildman–Crippen MR) is 116 cm³/mol. The molecule has 0 fully saturated rings. The van der Waals surface area contributed by atoms with Crippen molar-refractivity contribution in [1.82, 2.24) is 29.1 Å². The van der Waals surface area contributed by atoms with Crippen LogP contribution in [-0.4, -0.2) is 40.8 Å². The number of anilines is 1. The second-order valence-electron chi connectivity index (χ2n) is 7.10. The Balaban J connectivity index is 1.58. The lowest BCUT2D eigenvalue weighted by atomic mass is 10.1. The van der Waals surface area contributed by atoms with Gasteiger partial charge in [0.15, 0.2) is 10.9 Å². The van der Waals surface area contributed by atoms with Gasteiger partial charge in [-0.2, -0.15) is 0 Å². The number of pyridine rings is 1. The fourth-order valence-electron chi connectivity index (χ4n) is 3.16. The summed E-state index contributed by atoms with van der Waals surface area (Å²) in [6, 6.07) is 1.68. The van der Waals surface area contributed by atoms with E-state index in [1.54, 1.807) is 18.5 Å². The second kappa shape index (κ2) is 8.44. The fraction of sp³-hybridized carbons (Fsp3) is 0.200. The Morgan fingerprint density at radius 1 is 1.13 bits per heavy atom. The van der Waals surface area contributed by atoms with Crippen molar-refractivity contribution in [2.75, 3.05) is 5.32 Å². The lowest BCUT2D eigenvalue weighted by Gasteiger charge is -2.08. The van der Waals surface area contributed by atoms with E-state index in [0.717, 1.165) is 0 Å². The molecule has 0 aliphatic rings. The molecule has 0 aromatic carbocycles. The minimum absolute atomic E-state index is 0.0874. The number of aromatic nitrogens is 6. The number of carbonyl (C=O) groups excluding carboxylic acids is 2. The van der Waals surface area contributed by atoms with Crippen LogP contribution in [0.4, 0.5) is 5.69 Å². The van der Waals surface area contributed by atoms with Gasteiger partial charge in [-0.1, -0.05) is 23.2 Å². The summed E-state index contributed by atoms with van der Waals surface area (Å²) < 4.78 is 3.33. The van der Waals surface area contributed by atoms with Crippen molar-refractivity contribution in [1.29, 1.82) is 0 Å². The van der Waals surface area contributed by atoms with Crippen LogP contribution < -0.4 is 5.32 Å². The van der Waals surface area contributed by atoms with Crippen LogP contribution in [0, 0.1) is 0 Å². The van der Waals surface area contributed by atoms with E-state index in [2.05, 4.69) is 25.3 Å². The predicted octanol–water partition coefficient (Wildman–Crippen LogP) is 3.78. The highest BCUT2D eigenvalue weighted by Crippen LogP contribution is 2.25. The van der Waals surface area contributed by atoms with Gasteiger partial charge in [0.2, 0.25) is 5.91 Å². The SMILES string of the molecule is CC(C)n1cc(C(=O)c2cncc(NC(=O)Cn3cnc(Cl)c3Cl)c2)c2cncnc21. The second-order valence-corrected chi connectivity index (χ2v) is 7.81. The lowest BCUT2D eigenvalue weighted by molar-refractivity contribution is -0.116. The molecule has 1 amide bonds. The van der Waals surface area contributed by atoms with Gasteiger partial charge in [-0.3, -0.25) is 14.6 Å². The first-order valence-electron chi connectivity index (χ1n) is 9.31. The van der Waals surface area contributed by atoms with E-state index in [-0.39, 0.29) is 34.6 Å². The number of rotatable bonds is 6. The molecule has 0 aliphatic carbocycles. The molecule has 11 heteroatoms. The number of nitrogens with zero attached hydrogens (tertiary/aromatic N) is 6. The van der Waals surface area contributed by atoms with E-state index in [1.807, 2.05) is 18.4 Å². The largest absolute Gasteiger partial charge is 0.329 e. The molecule has 0 aliphatic heterocycles. The van der Waals surface area contributed by atoms with Gasteiger partial charge in [0.05, 0.1) is 23.8 Å². The van der Waals surface area contributed by atoms with Crippen molar-refractivity contribution in [3.05, 3.63) is 64.9 Å². The Morgan fingerprint density at radius 3 is 2.65 bits per heavy atom. The molecule has 9 nitrogen and oxygen atoms in total. The number of hydrogen-bond donors (Lipinski definition) is 1. The third-order valence-corrected chi connectivity index (χ3v) is 5.40. The zero-order valence-corrected chi connectivity index (χ0v) is 18.1. The molecule has 0 atom stereocenters. The zero-order chi connectivity index (χ0) is 22.1. The number of amides is 1. The number of carbonyl (C=O) groups is 2. The summed E-state index contributed by atoms with van der Waals surface area (Å²) >= 11 is 11.8. The molecule has 158 valence electrons. The Bertz CT molecular complexity index is 1300. The van der Waals surface area contributed by atoms with E-state index < -0.39 is 0 Å². The van der Waals surface area contributed by atoms with Gasteiger partial charge in [0.1, 0.15) is 23.7 Å². The first kappa shape index (κ1) is 21.0. The maximum Gasteiger partial charge on any atom is 0.244 e. The van der Waals surface area contributed by atoms with E-state index in [9.17, 15) is 9.59 Å². The molecule has 0 spiro atoms. The summed E-state index contributed by atoms with van der Waals surface area (Å²) in [5.41, 5.74) is 1.85. The van der Waals surface area contributed by atoms with Crippen LogP contribution in [0.15, 0.2) is 43.5 Å². The van der Waals surface area contributed by atoms with Crippen LogP contribution in [0.3, 0.4) is 0 Å². The Morgan fingerprint density at radius 2 is 1.94 bits per heavy atom. The van der Waals surface area contributed by atoms with Gasteiger partial charge in [-0.05, 0) is 19.9 Å². The normalized spacial score (nSPS) is 11.3. The van der Waals surface area contributed by atoms with E-state index in [0.29, 0.717) is 27.8 Å². The van der Waals surface area contributed by atoms with Crippen molar-refractivity contribution in [3.8, 4) is 0 Å². The molecule has 0 saturated carbocycles. The summed E-state index contributed by atoms with van der Waals surface area (Å²) in [7, 11) is 0. The topological polar surface area (TPSA) is 108 Å². The molecule has 4 aromatic rings. The quantitative estimate of drug-likeness (QED) is 0.441. The maximum absolute atomic E-state index is 13.2. The summed E-state index contributed by atoms with van der Waals surface area (Å²) in [6.45, 7) is 3.93. The molecular formula is C20H17Cl2N7O2. The van der Waals surface area contributed by atoms with Crippen molar-refractivity contribution < 1.29 is 9.59 Å². The third-order valence-electron chi connectivity index (χ3n) is 4.63. The zero-order valence-electron chi connectivity index (χ0n) is 16.6. The van der Waals surface area contributed by atoms with Gasteiger partial charge in [-0.15, -0.1) is 0 Å². The van der Waals surface area contributed by atoms with Crippen LogP contribution in [0.2, 0.25) is 10.3 Å². The average molecular weight is 458 g/mol. The van der Waals surface area contributed by atoms with Gasteiger partial charge in [-0.25, -0.2) is 15.0 Å². The number of halogens is 2. The Hall–Kier alpha value is -3.30. The number of hydrogen-bond acceptors (Lipinski definition) is 6. The Labute approximate surface area is 187 Å². The molecule has 1 N–H and O–H groups in total. The lowest BCUT2D eigenvalue weighted by Crippen LogP contribution is -2.18. The van der Waals surface area contributed by atoms with Crippen molar-refractivity contribution in [3.63, 3.8) is 0 Å². The van der Waals surface area contributed by atoms with Gasteiger partial charge >= 0.3 is 0 Å². The van der Waals surface area contributed by atoms with E-state index in [4.69, 9.17) is 23.2 Å². The first-order chi connectivity index (χ1) is 14.8. The molecule has 4 heterocycles. The molecule has 31 heavy (non-hydrogen) atoms. The monoisotopic (exact) mass is 457 g/mol. The fourth-order valence-corrected chi connectivity index (χ4v) is 3.46. The number of imidazole rings is 1. The minimum atomic E-state index is -0.368. The average Bonchev–Trinajstić information content (AvgIpc) is 3.29. The van der Waals surface area contributed by atoms with Crippen LogP contribution in [0.5, 0.6) is 0 Å². The molecular weight excluding hydrogens is 441 g/mol. The van der Waals surface area contributed by atoms with Crippen LogP contribution in [0.1, 0.15) is 35.8 Å². The summed E-state index contributed by atoms with van der Waals surface area (Å²) in [5, 5.41) is 3.64. The third kappa shape index (κ3) is 4.14. The van der Waals surface area contributed by atoms with Gasteiger partial charge in [0, 0.05) is 35.6 Å². The summed E-state index contributed by atoms with van der Waals surface area (Å²) in [4.78, 5) is 41.8. The van der Waals surface area contributed by atoms with Crippen LogP contribution in [0.25, 0.3) is 11.0 Å². The van der Waals surface area contributed by atoms with E-state index in [1.165, 1.54) is 29.6 Å².